The molecular formula is C18H16N2O4. The molecule has 3 rings (SSSR count). The van der Waals surface area contributed by atoms with E-state index in [-0.39, 0.29) is 5.69 Å². The number of carboxylic acid groups (broad SMARTS) is 1. The van der Waals surface area contributed by atoms with Crippen LogP contribution in [0.4, 0.5) is 0 Å². The molecule has 6 heteroatoms. The molecule has 2 N–H and O–H groups in total. The molecule has 0 aliphatic carbocycles. The summed E-state index contributed by atoms with van der Waals surface area (Å²) in [6.07, 6.45) is 0. The predicted molar refractivity (Wildman–Crippen MR) is 89.2 cm³/mol. The van der Waals surface area contributed by atoms with Crippen molar-refractivity contribution in [2.75, 3.05) is 0 Å². The normalized spacial score (nSPS) is 12.0. The number of carbonyl (C=O) groups is 1. The number of aromatic nitrogens is 2. The van der Waals surface area contributed by atoms with Gasteiger partial charge in [-0.3, -0.25) is 14.7 Å². The SMILES string of the molecule is CC(C(=O)O)c1n[nH]c2ccc(OCc3ccccc3)cc2c1=O. The summed E-state index contributed by atoms with van der Waals surface area (Å²) in [7, 11) is 0. The molecule has 0 aliphatic heterocycles. The minimum atomic E-state index is -1.09. The average molecular weight is 324 g/mol. The summed E-state index contributed by atoms with van der Waals surface area (Å²) in [6, 6.07) is 14.7. The van der Waals surface area contributed by atoms with Crippen LogP contribution in [0.25, 0.3) is 10.9 Å². The summed E-state index contributed by atoms with van der Waals surface area (Å²) in [5, 5.41) is 16.1. The first-order valence-electron chi connectivity index (χ1n) is 7.48. The quantitative estimate of drug-likeness (QED) is 0.753. The number of H-pyrrole nitrogens is 1. The van der Waals surface area contributed by atoms with Gasteiger partial charge in [-0.2, -0.15) is 5.10 Å². The van der Waals surface area contributed by atoms with E-state index in [1.165, 1.54) is 6.92 Å². The van der Waals surface area contributed by atoms with Gasteiger partial charge in [0.05, 0.1) is 10.9 Å². The van der Waals surface area contributed by atoms with E-state index in [9.17, 15) is 9.59 Å². The van der Waals surface area contributed by atoms with E-state index in [0.29, 0.717) is 23.3 Å². The molecule has 0 amide bonds. The number of hydrogen-bond donors (Lipinski definition) is 2. The largest absolute Gasteiger partial charge is 0.489 e. The fraction of sp³-hybridized carbons (Fsp3) is 0.167. The number of aromatic amines is 1. The Morgan fingerprint density at radius 3 is 2.71 bits per heavy atom. The van der Waals surface area contributed by atoms with Crippen molar-refractivity contribution in [3.05, 3.63) is 70.0 Å². The Morgan fingerprint density at radius 2 is 2.00 bits per heavy atom. The maximum Gasteiger partial charge on any atom is 0.312 e. The Balaban J connectivity index is 1.93. The molecule has 0 fully saturated rings. The Morgan fingerprint density at radius 1 is 1.25 bits per heavy atom. The number of carboxylic acids is 1. The number of fused-ring (bicyclic) bond motifs is 1. The lowest BCUT2D eigenvalue weighted by atomic mass is 10.1. The van der Waals surface area contributed by atoms with Gasteiger partial charge in [-0.05, 0) is 30.7 Å². The fourth-order valence-corrected chi connectivity index (χ4v) is 2.36. The molecule has 6 nitrogen and oxygen atoms in total. The van der Waals surface area contributed by atoms with E-state index < -0.39 is 17.3 Å². The van der Waals surface area contributed by atoms with Crippen LogP contribution in [0.3, 0.4) is 0 Å². The fourth-order valence-electron chi connectivity index (χ4n) is 2.36. The number of ether oxygens (including phenoxy) is 1. The topological polar surface area (TPSA) is 92.3 Å². The highest BCUT2D eigenvalue weighted by Crippen LogP contribution is 2.19. The minimum absolute atomic E-state index is 0.0183. The summed E-state index contributed by atoms with van der Waals surface area (Å²) < 4.78 is 5.71. The summed E-state index contributed by atoms with van der Waals surface area (Å²) in [5.74, 6) is -1.53. The number of aliphatic carboxylic acids is 1. The van der Waals surface area contributed by atoms with Crippen molar-refractivity contribution >= 4 is 16.9 Å². The first kappa shape index (κ1) is 15.7. The van der Waals surface area contributed by atoms with E-state index in [0.717, 1.165) is 5.56 Å². The Kier molecular flexibility index (Phi) is 4.29. The van der Waals surface area contributed by atoms with Gasteiger partial charge in [-0.15, -0.1) is 0 Å². The number of nitrogens with zero attached hydrogens (tertiary/aromatic N) is 1. The van der Waals surface area contributed by atoms with Crippen LogP contribution in [0.5, 0.6) is 5.75 Å². The molecule has 1 unspecified atom stereocenters. The second kappa shape index (κ2) is 6.54. The molecule has 0 saturated heterocycles. The number of benzene rings is 2. The van der Waals surface area contributed by atoms with Gasteiger partial charge >= 0.3 is 5.97 Å². The standard InChI is InChI=1S/C18H16N2O4/c1-11(18(22)23)16-17(21)14-9-13(7-8-15(14)19-20-16)24-10-12-5-3-2-4-6-12/h2-9,11H,10H2,1H3,(H,19,21)(H,22,23). The number of nitrogens with one attached hydrogen (secondary N) is 1. The average Bonchev–Trinajstić information content (AvgIpc) is 2.61. The first-order valence-corrected chi connectivity index (χ1v) is 7.48. The van der Waals surface area contributed by atoms with Gasteiger partial charge in [0.15, 0.2) is 0 Å². The van der Waals surface area contributed by atoms with Gasteiger partial charge < -0.3 is 9.84 Å². The Hall–Kier alpha value is -3.15. The van der Waals surface area contributed by atoms with Gasteiger partial charge in [0.1, 0.15) is 24.0 Å². The van der Waals surface area contributed by atoms with Crippen LogP contribution in [0.2, 0.25) is 0 Å². The zero-order valence-electron chi connectivity index (χ0n) is 13.0. The van der Waals surface area contributed by atoms with Crippen molar-refractivity contribution in [1.82, 2.24) is 10.2 Å². The molecule has 1 atom stereocenters. The van der Waals surface area contributed by atoms with Crippen molar-refractivity contribution in [3.8, 4) is 5.75 Å². The molecule has 2 aromatic carbocycles. The van der Waals surface area contributed by atoms with E-state index in [4.69, 9.17) is 9.84 Å². The van der Waals surface area contributed by atoms with Gasteiger partial charge in [0.2, 0.25) is 5.43 Å². The highest BCUT2D eigenvalue weighted by atomic mass is 16.5. The lowest BCUT2D eigenvalue weighted by Crippen LogP contribution is -2.21. The maximum absolute atomic E-state index is 12.5. The molecular weight excluding hydrogens is 308 g/mol. The molecule has 0 saturated carbocycles. The van der Waals surface area contributed by atoms with E-state index in [2.05, 4.69) is 10.2 Å². The zero-order valence-corrected chi connectivity index (χ0v) is 13.0. The van der Waals surface area contributed by atoms with E-state index in [1.54, 1.807) is 18.2 Å². The third kappa shape index (κ3) is 3.12. The number of rotatable bonds is 5. The van der Waals surface area contributed by atoms with Gasteiger partial charge in [-0.25, -0.2) is 0 Å². The Bertz CT molecular complexity index is 935. The van der Waals surface area contributed by atoms with Crippen LogP contribution in [0, 0.1) is 0 Å². The lowest BCUT2D eigenvalue weighted by Gasteiger charge is -2.09. The van der Waals surface area contributed by atoms with Crippen molar-refractivity contribution in [2.24, 2.45) is 0 Å². The van der Waals surface area contributed by atoms with Gasteiger partial charge in [-0.1, -0.05) is 30.3 Å². The van der Waals surface area contributed by atoms with E-state index >= 15 is 0 Å². The third-order valence-electron chi connectivity index (χ3n) is 3.79. The molecule has 1 heterocycles. The smallest absolute Gasteiger partial charge is 0.312 e. The third-order valence-corrected chi connectivity index (χ3v) is 3.79. The molecule has 122 valence electrons. The van der Waals surface area contributed by atoms with Crippen LogP contribution in [-0.4, -0.2) is 21.3 Å². The summed E-state index contributed by atoms with van der Waals surface area (Å²) in [4.78, 5) is 23.6. The predicted octanol–water partition coefficient (Wildman–Crippen LogP) is 2.69. The zero-order chi connectivity index (χ0) is 17.1. The number of hydrogen-bond acceptors (Lipinski definition) is 4. The second-order valence-corrected chi connectivity index (χ2v) is 5.48. The lowest BCUT2D eigenvalue weighted by molar-refractivity contribution is -0.138. The Labute approximate surface area is 137 Å². The molecule has 1 aromatic heterocycles. The van der Waals surface area contributed by atoms with Crippen LogP contribution in [-0.2, 0) is 11.4 Å². The monoisotopic (exact) mass is 324 g/mol. The van der Waals surface area contributed by atoms with Crippen LogP contribution in [0.1, 0.15) is 24.1 Å². The highest BCUT2D eigenvalue weighted by Gasteiger charge is 2.20. The molecule has 0 aliphatic rings. The highest BCUT2D eigenvalue weighted by molar-refractivity contribution is 5.82. The molecule has 3 aromatic rings. The van der Waals surface area contributed by atoms with Gasteiger partial charge in [0, 0.05) is 0 Å². The second-order valence-electron chi connectivity index (χ2n) is 5.48. The summed E-state index contributed by atoms with van der Waals surface area (Å²) >= 11 is 0. The van der Waals surface area contributed by atoms with Crippen LogP contribution in [0.15, 0.2) is 53.3 Å². The molecule has 0 bridgehead atoms. The van der Waals surface area contributed by atoms with Crippen molar-refractivity contribution in [3.63, 3.8) is 0 Å². The summed E-state index contributed by atoms with van der Waals surface area (Å²) in [6.45, 7) is 1.81. The van der Waals surface area contributed by atoms with Crippen molar-refractivity contribution < 1.29 is 14.6 Å². The molecule has 0 spiro atoms. The first-order chi connectivity index (χ1) is 11.6. The molecule has 24 heavy (non-hydrogen) atoms. The molecule has 0 radical (unpaired) electrons. The van der Waals surface area contributed by atoms with Crippen LogP contribution >= 0.6 is 0 Å². The van der Waals surface area contributed by atoms with Gasteiger partial charge in [0.25, 0.3) is 0 Å². The maximum atomic E-state index is 12.5. The van der Waals surface area contributed by atoms with E-state index in [1.807, 2.05) is 30.3 Å². The van der Waals surface area contributed by atoms with Crippen molar-refractivity contribution in [2.45, 2.75) is 19.4 Å². The van der Waals surface area contributed by atoms with Crippen molar-refractivity contribution in [1.29, 1.82) is 0 Å². The minimum Gasteiger partial charge on any atom is -0.489 e. The summed E-state index contributed by atoms with van der Waals surface area (Å²) in [5.41, 5.74) is 1.13. The van der Waals surface area contributed by atoms with Crippen LogP contribution < -0.4 is 10.2 Å².